The summed E-state index contributed by atoms with van der Waals surface area (Å²) in [6.07, 6.45) is 1.70. The Bertz CT molecular complexity index is 918. The summed E-state index contributed by atoms with van der Waals surface area (Å²) >= 11 is 1.38. The minimum absolute atomic E-state index is 0.151. The zero-order chi connectivity index (χ0) is 16.0. The van der Waals surface area contributed by atoms with Crippen LogP contribution in [-0.2, 0) is 6.42 Å². The average Bonchev–Trinajstić information content (AvgIpc) is 3.17. The number of nitrogens with zero attached hydrogens (tertiary/aromatic N) is 3. The van der Waals surface area contributed by atoms with Gasteiger partial charge in [0.05, 0.1) is 0 Å². The molecule has 1 aliphatic rings. The molecule has 5 nitrogen and oxygen atoms in total. The van der Waals surface area contributed by atoms with E-state index in [1.165, 1.54) is 34.1 Å². The predicted octanol–water partition coefficient (Wildman–Crippen LogP) is 2.82. The third kappa shape index (κ3) is 2.72. The van der Waals surface area contributed by atoms with Crippen molar-refractivity contribution in [2.24, 2.45) is 0 Å². The van der Waals surface area contributed by atoms with E-state index in [1.807, 2.05) is 19.1 Å². The van der Waals surface area contributed by atoms with E-state index >= 15 is 0 Å². The van der Waals surface area contributed by atoms with E-state index in [0.717, 1.165) is 24.1 Å². The van der Waals surface area contributed by atoms with Crippen LogP contribution < -0.4 is 10.9 Å². The second-order valence-corrected chi connectivity index (χ2v) is 6.64. The molecule has 1 fully saturated rings. The van der Waals surface area contributed by atoms with Gasteiger partial charge in [-0.05, 0) is 30.5 Å². The van der Waals surface area contributed by atoms with Crippen molar-refractivity contribution < 1.29 is 4.39 Å². The monoisotopic (exact) mass is 330 g/mol. The van der Waals surface area contributed by atoms with Gasteiger partial charge >= 0.3 is 0 Å². The molecular formula is C16H15FN4OS. The number of hydrogen-bond donors (Lipinski definition) is 1. The molecule has 0 bridgehead atoms. The molecule has 1 aliphatic carbocycles. The second-order valence-electron chi connectivity index (χ2n) is 5.69. The molecule has 0 saturated heterocycles. The molecule has 1 N–H and O–H groups in total. The van der Waals surface area contributed by atoms with Crippen molar-refractivity contribution >= 4 is 21.4 Å². The Morgan fingerprint density at radius 2 is 2.17 bits per heavy atom. The van der Waals surface area contributed by atoms with E-state index < -0.39 is 0 Å². The van der Waals surface area contributed by atoms with Gasteiger partial charge < -0.3 is 5.32 Å². The topological polar surface area (TPSA) is 59.3 Å². The van der Waals surface area contributed by atoms with E-state index in [-0.39, 0.29) is 17.4 Å². The molecule has 0 aliphatic heterocycles. The SMILES string of the molecule is CCc1cc(=O)n2nc(N[C@@H]3C[C@H]3c3ccc(F)cc3)sc2n1. The Morgan fingerprint density at radius 3 is 2.91 bits per heavy atom. The highest BCUT2D eigenvalue weighted by Gasteiger charge is 2.39. The molecule has 2 aromatic heterocycles. The van der Waals surface area contributed by atoms with Gasteiger partial charge in [-0.15, -0.1) is 5.10 Å². The third-order valence-corrected chi connectivity index (χ3v) is 4.90. The Balaban J connectivity index is 1.54. The molecule has 0 spiro atoms. The summed E-state index contributed by atoms with van der Waals surface area (Å²) in [5, 5.41) is 8.34. The predicted molar refractivity (Wildman–Crippen MR) is 87.7 cm³/mol. The highest BCUT2D eigenvalue weighted by atomic mass is 32.1. The second kappa shape index (κ2) is 5.42. The molecule has 0 amide bonds. The maximum Gasteiger partial charge on any atom is 0.275 e. The summed E-state index contributed by atoms with van der Waals surface area (Å²) in [7, 11) is 0. The lowest BCUT2D eigenvalue weighted by atomic mass is 10.1. The van der Waals surface area contributed by atoms with Crippen LogP contribution in [0, 0.1) is 5.82 Å². The first-order chi connectivity index (χ1) is 11.1. The number of aromatic nitrogens is 3. The van der Waals surface area contributed by atoms with Crippen LogP contribution in [0.1, 0.15) is 30.5 Å². The Labute approximate surface area is 135 Å². The van der Waals surface area contributed by atoms with Gasteiger partial charge in [0, 0.05) is 23.7 Å². The van der Waals surface area contributed by atoms with E-state index in [9.17, 15) is 9.18 Å². The molecule has 2 atom stereocenters. The first-order valence-electron chi connectivity index (χ1n) is 7.56. The van der Waals surface area contributed by atoms with E-state index in [2.05, 4.69) is 15.4 Å². The highest BCUT2D eigenvalue weighted by Crippen LogP contribution is 2.43. The largest absolute Gasteiger partial charge is 0.357 e. The fourth-order valence-electron chi connectivity index (χ4n) is 2.69. The van der Waals surface area contributed by atoms with Crippen molar-refractivity contribution in [1.82, 2.24) is 14.6 Å². The Hall–Kier alpha value is -2.28. The standard InChI is InChI=1S/C16H15FN4OS/c1-2-11-7-14(22)21-16(18-11)23-15(20-21)19-13-8-12(13)9-3-5-10(17)6-4-9/h3-7,12-13H,2,8H2,1H3,(H,19,20)/t12-,13+/m0/s1. The number of benzene rings is 1. The van der Waals surface area contributed by atoms with Crippen molar-refractivity contribution in [2.75, 3.05) is 5.32 Å². The molecule has 2 heterocycles. The fraction of sp³-hybridized carbons (Fsp3) is 0.312. The highest BCUT2D eigenvalue weighted by molar-refractivity contribution is 7.20. The molecule has 4 rings (SSSR count). The molecule has 118 valence electrons. The zero-order valence-electron chi connectivity index (χ0n) is 12.5. The van der Waals surface area contributed by atoms with Gasteiger partial charge in [0.25, 0.3) is 5.56 Å². The third-order valence-electron chi connectivity index (χ3n) is 4.06. The number of nitrogens with one attached hydrogen (secondary N) is 1. The van der Waals surface area contributed by atoms with Crippen LogP contribution in [0.3, 0.4) is 0 Å². The Kier molecular flexibility index (Phi) is 3.37. The van der Waals surface area contributed by atoms with Crippen molar-refractivity contribution in [3.8, 4) is 0 Å². The summed E-state index contributed by atoms with van der Waals surface area (Å²) in [5.74, 6) is 0.140. The normalized spacial score (nSPS) is 19.9. The smallest absolute Gasteiger partial charge is 0.275 e. The first-order valence-corrected chi connectivity index (χ1v) is 8.37. The first kappa shape index (κ1) is 14.3. The summed E-state index contributed by atoms with van der Waals surface area (Å²) < 4.78 is 14.3. The molecule has 0 radical (unpaired) electrons. The number of rotatable bonds is 4. The lowest BCUT2D eigenvalue weighted by molar-refractivity contribution is 0.627. The van der Waals surface area contributed by atoms with Crippen LogP contribution in [0.2, 0.25) is 0 Å². The summed E-state index contributed by atoms with van der Waals surface area (Å²) in [5.41, 5.74) is 1.75. The van der Waals surface area contributed by atoms with Gasteiger partial charge in [-0.3, -0.25) is 4.79 Å². The number of fused-ring (bicyclic) bond motifs is 1. The van der Waals surface area contributed by atoms with Gasteiger partial charge in [-0.2, -0.15) is 4.52 Å². The van der Waals surface area contributed by atoms with Gasteiger partial charge in [-0.25, -0.2) is 9.37 Å². The van der Waals surface area contributed by atoms with Gasteiger partial charge in [0.15, 0.2) is 0 Å². The van der Waals surface area contributed by atoms with Crippen LogP contribution in [0.5, 0.6) is 0 Å². The van der Waals surface area contributed by atoms with Crippen LogP contribution >= 0.6 is 11.3 Å². The minimum Gasteiger partial charge on any atom is -0.357 e. The number of hydrogen-bond acceptors (Lipinski definition) is 5. The zero-order valence-corrected chi connectivity index (χ0v) is 13.3. The minimum atomic E-state index is -0.220. The van der Waals surface area contributed by atoms with Gasteiger partial charge in [0.1, 0.15) is 5.82 Å². The maximum atomic E-state index is 13.0. The number of anilines is 1. The number of aryl methyl sites for hydroxylation is 1. The summed E-state index contributed by atoms with van der Waals surface area (Å²) in [4.78, 5) is 17.0. The molecule has 1 aromatic carbocycles. The lowest BCUT2D eigenvalue weighted by Gasteiger charge is -2.01. The molecule has 3 aromatic rings. The van der Waals surface area contributed by atoms with Crippen LogP contribution in [-0.4, -0.2) is 20.6 Å². The molecular weight excluding hydrogens is 315 g/mol. The van der Waals surface area contributed by atoms with Gasteiger partial charge in [-0.1, -0.05) is 30.4 Å². The summed E-state index contributed by atoms with van der Waals surface area (Å²) in [6, 6.07) is 8.40. The molecule has 0 unspecified atom stereocenters. The van der Waals surface area contributed by atoms with E-state index in [0.29, 0.717) is 16.0 Å². The van der Waals surface area contributed by atoms with Gasteiger partial charge in [0.2, 0.25) is 10.1 Å². The number of halogens is 1. The molecule has 1 saturated carbocycles. The molecule has 7 heteroatoms. The average molecular weight is 330 g/mol. The van der Waals surface area contributed by atoms with Crippen molar-refractivity contribution in [2.45, 2.75) is 31.7 Å². The quantitative estimate of drug-likeness (QED) is 0.799. The maximum absolute atomic E-state index is 13.0. The van der Waals surface area contributed by atoms with Crippen molar-refractivity contribution in [3.05, 3.63) is 57.8 Å². The van der Waals surface area contributed by atoms with E-state index in [4.69, 9.17) is 0 Å². The summed E-state index contributed by atoms with van der Waals surface area (Å²) in [6.45, 7) is 1.97. The van der Waals surface area contributed by atoms with Crippen LogP contribution in [0.15, 0.2) is 35.1 Å². The Morgan fingerprint density at radius 1 is 1.39 bits per heavy atom. The van der Waals surface area contributed by atoms with Crippen LogP contribution in [0.25, 0.3) is 4.96 Å². The fourth-order valence-corrected chi connectivity index (χ4v) is 3.57. The molecule has 23 heavy (non-hydrogen) atoms. The van der Waals surface area contributed by atoms with Crippen molar-refractivity contribution in [1.29, 1.82) is 0 Å². The lowest BCUT2D eigenvalue weighted by Crippen LogP contribution is -2.15. The van der Waals surface area contributed by atoms with E-state index in [1.54, 1.807) is 0 Å². The van der Waals surface area contributed by atoms with Crippen LogP contribution in [0.4, 0.5) is 9.52 Å². The van der Waals surface area contributed by atoms with Crippen molar-refractivity contribution in [3.63, 3.8) is 0 Å².